The first-order chi connectivity index (χ1) is 7.91. The van der Waals surface area contributed by atoms with Gasteiger partial charge in [-0.3, -0.25) is 0 Å². The second kappa shape index (κ2) is 8.71. The van der Waals surface area contributed by atoms with Crippen molar-refractivity contribution in [2.45, 2.75) is 13.8 Å². The van der Waals surface area contributed by atoms with E-state index in [0.717, 1.165) is 0 Å². The van der Waals surface area contributed by atoms with Crippen LogP contribution in [0.1, 0.15) is 13.8 Å². The number of halogens is 3. The zero-order valence-corrected chi connectivity index (χ0v) is 13.4. The van der Waals surface area contributed by atoms with Crippen LogP contribution in [0.25, 0.3) is 0 Å². The van der Waals surface area contributed by atoms with E-state index >= 15 is 0 Å². The van der Waals surface area contributed by atoms with E-state index < -0.39 is 6.49 Å². The zero-order valence-electron chi connectivity index (χ0n) is 9.37. The molecule has 0 aliphatic heterocycles. The molecule has 0 saturated heterocycles. The summed E-state index contributed by atoms with van der Waals surface area (Å²) in [4.78, 5) is 0. The van der Waals surface area contributed by atoms with E-state index in [-0.39, 0.29) is 29.6 Å². The molecule has 18 heavy (non-hydrogen) atoms. The van der Waals surface area contributed by atoms with Gasteiger partial charge in [-0.1, -0.05) is 41.7 Å². The Balaban J connectivity index is 0.00000289. The van der Waals surface area contributed by atoms with Crippen molar-refractivity contribution in [3.05, 3.63) is 27.2 Å². The van der Waals surface area contributed by atoms with E-state index in [4.69, 9.17) is 55.7 Å². The molecule has 1 atom stereocenters. The van der Waals surface area contributed by atoms with Crippen molar-refractivity contribution in [1.82, 2.24) is 0 Å². The Kier molecular flexibility index (Phi) is 9.44. The fourth-order valence-electron chi connectivity index (χ4n) is 1.10. The molecule has 0 N–H and O–H groups in total. The Labute approximate surface area is 150 Å². The third kappa shape index (κ3) is 5.47. The van der Waals surface area contributed by atoms with Gasteiger partial charge in [-0.2, -0.15) is 0 Å². The van der Waals surface area contributed by atoms with Crippen LogP contribution < -0.4 is 4.52 Å². The molecule has 0 aromatic heterocycles. The van der Waals surface area contributed by atoms with Crippen molar-refractivity contribution < 1.29 is 9.05 Å². The molecular weight excluding hydrogens is 344 g/mol. The minimum absolute atomic E-state index is 0. The van der Waals surface area contributed by atoms with Gasteiger partial charge < -0.3 is 9.05 Å². The summed E-state index contributed by atoms with van der Waals surface area (Å²) in [6.07, 6.45) is 0.618. The Morgan fingerprint density at radius 1 is 1.11 bits per heavy atom. The minimum atomic E-state index is -2.34. The molecule has 1 aromatic rings. The quantitative estimate of drug-likeness (QED) is 0.431. The van der Waals surface area contributed by atoms with Crippen LogP contribution in [0, 0.1) is 0 Å². The van der Waals surface area contributed by atoms with Crippen LogP contribution in [-0.4, -0.2) is 42.3 Å². The molecule has 0 spiro atoms. The summed E-state index contributed by atoms with van der Waals surface area (Å²) in [5, 5.41) is 1.13. The molecule has 8 heteroatoms. The Morgan fingerprint density at radius 3 is 2.17 bits per heavy atom. The van der Waals surface area contributed by atoms with Crippen LogP contribution in [0.3, 0.4) is 0 Å². The van der Waals surface area contributed by atoms with Gasteiger partial charge in [0.05, 0.1) is 21.7 Å². The summed E-state index contributed by atoms with van der Waals surface area (Å²) in [7, 11) is 0. The van der Waals surface area contributed by atoms with Crippen molar-refractivity contribution in [1.29, 1.82) is 0 Å². The Morgan fingerprint density at radius 2 is 1.67 bits per heavy atom. The van der Waals surface area contributed by atoms with Crippen molar-refractivity contribution >= 4 is 82.7 Å². The van der Waals surface area contributed by atoms with Gasteiger partial charge in [0.1, 0.15) is 5.75 Å². The van der Waals surface area contributed by atoms with Gasteiger partial charge in [-0.05, 0) is 24.8 Å². The molecule has 0 radical (unpaired) electrons. The Bertz CT molecular complexity index is 459. The topological polar surface area (TPSA) is 18.5 Å². The van der Waals surface area contributed by atoms with E-state index in [2.05, 4.69) is 0 Å². The second-order valence-electron chi connectivity index (χ2n) is 3.13. The van der Waals surface area contributed by atoms with Gasteiger partial charge in [-0.25, -0.2) is 0 Å². The fourth-order valence-corrected chi connectivity index (χ4v) is 3.50. The van der Waals surface area contributed by atoms with Crippen molar-refractivity contribution in [3.8, 4) is 5.75 Å². The van der Waals surface area contributed by atoms with Crippen LogP contribution in [-0.2, 0) is 16.3 Å². The predicted molar refractivity (Wildman–Crippen MR) is 85.7 cm³/mol. The van der Waals surface area contributed by atoms with E-state index in [9.17, 15) is 0 Å². The molecule has 1 aromatic carbocycles. The molecule has 1 rings (SSSR count). The predicted octanol–water partition coefficient (Wildman–Crippen LogP) is 4.74. The van der Waals surface area contributed by atoms with Crippen LogP contribution >= 0.6 is 41.3 Å². The monoisotopic (exact) mass is 356 g/mol. The molecule has 0 heterocycles. The number of hydrogen-bond donors (Lipinski definition) is 0. The average Bonchev–Trinajstić information content (AvgIpc) is 2.26. The Hall–Kier alpha value is 1.50. The fraction of sp³-hybridized carbons (Fsp3) is 0.400. The molecule has 0 aliphatic carbocycles. The summed E-state index contributed by atoms with van der Waals surface area (Å²) < 4.78 is 11.2. The molecule has 0 aliphatic rings. The van der Waals surface area contributed by atoms with Crippen LogP contribution in [0.15, 0.2) is 12.1 Å². The first-order valence-corrected chi connectivity index (χ1v) is 8.95. The maximum atomic E-state index is 6.01. The molecule has 1 unspecified atom stereocenters. The summed E-state index contributed by atoms with van der Waals surface area (Å²) in [5.74, 6) is 0.416. The van der Waals surface area contributed by atoms with Gasteiger partial charge in [0.25, 0.3) is 0 Å². The number of hydrogen-bond acceptors (Lipinski definition) is 3. The van der Waals surface area contributed by atoms with Gasteiger partial charge >= 0.3 is 29.6 Å². The van der Waals surface area contributed by atoms with E-state index in [1.165, 1.54) is 6.07 Å². The summed E-state index contributed by atoms with van der Waals surface area (Å²) in [5.41, 5.74) is 0. The molecule has 98 valence electrons. The SMILES string of the molecule is CCOP(=S)(CC)Oc1cc(Cl)c(Cl)cc1Cl.[NaH]. The summed E-state index contributed by atoms with van der Waals surface area (Å²) in [6, 6.07) is 3.09. The van der Waals surface area contributed by atoms with Gasteiger partial charge in [-0.15, -0.1) is 0 Å². The maximum absolute atomic E-state index is 6.01. The molecule has 0 saturated carbocycles. The van der Waals surface area contributed by atoms with Crippen LogP contribution in [0.4, 0.5) is 0 Å². The molecule has 2 nitrogen and oxygen atoms in total. The van der Waals surface area contributed by atoms with E-state index in [0.29, 0.717) is 33.6 Å². The normalized spacial score (nSPS) is 13.6. The van der Waals surface area contributed by atoms with E-state index in [1.807, 2.05) is 13.8 Å². The summed E-state index contributed by atoms with van der Waals surface area (Å²) in [6.45, 7) is 1.96. The second-order valence-corrected chi connectivity index (χ2v) is 8.32. The zero-order chi connectivity index (χ0) is 13.1. The van der Waals surface area contributed by atoms with Crippen molar-refractivity contribution in [2.24, 2.45) is 0 Å². The van der Waals surface area contributed by atoms with Gasteiger partial charge in [0.2, 0.25) is 6.49 Å². The third-order valence-corrected chi connectivity index (χ3v) is 6.16. The standard InChI is InChI=1S/C10H12Cl3O2PS.Na.H/c1-3-14-16(17,4-2)15-10-6-8(12)7(11)5-9(10)13;;/h5-6H,3-4H2,1-2H3;;. The van der Waals surface area contributed by atoms with Crippen LogP contribution in [0.5, 0.6) is 5.75 Å². The number of benzene rings is 1. The molecular formula is C10H13Cl3NaO2PS. The van der Waals surface area contributed by atoms with Crippen molar-refractivity contribution in [3.63, 3.8) is 0 Å². The van der Waals surface area contributed by atoms with Crippen LogP contribution in [0.2, 0.25) is 15.1 Å². The molecule has 0 fully saturated rings. The number of rotatable bonds is 5. The first-order valence-electron chi connectivity index (χ1n) is 4.99. The van der Waals surface area contributed by atoms with Gasteiger partial charge in [0.15, 0.2) is 0 Å². The van der Waals surface area contributed by atoms with E-state index in [1.54, 1.807) is 6.07 Å². The molecule has 0 amide bonds. The average molecular weight is 358 g/mol. The summed E-state index contributed by atoms with van der Waals surface area (Å²) >= 11 is 23.1. The van der Waals surface area contributed by atoms with Gasteiger partial charge in [0, 0.05) is 12.2 Å². The van der Waals surface area contributed by atoms with Crippen molar-refractivity contribution in [2.75, 3.05) is 12.8 Å². The first kappa shape index (κ1) is 19.5. The molecule has 0 bridgehead atoms. The third-order valence-electron chi connectivity index (χ3n) is 1.93.